The van der Waals surface area contributed by atoms with Gasteiger partial charge >= 0.3 is 6.18 Å². The maximum Gasteiger partial charge on any atom is 0.418 e. The third-order valence-corrected chi connectivity index (χ3v) is 4.67. The molecule has 2 N–H and O–H groups in total. The van der Waals surface area contributed by atoms with Crippen LogP contribution in [0.3, 0.4) is 0 Å². The van der Waals surface area contributed by atoms with Crippen LogP contribution in [0.5, 0.6) is 5.75 Å². The van der Waals surface area contributed by atoms with Crippen LogP contribution in [0.2, 0.25) is 0 Å². The molecule has 7 nitrogen and oxygen atoms in total. The van der Waals surface area contributed by atoms with Gasteiger partial charge in [0, 0.05) is 25.1 Å². The number of pyridine rings is 1. The lowest BCUT2D eigenvalue weighted by molar-refractivity contribution is -0.138. The molecule has 2 aliphatic rings. The first-order valence-corrected chi connectivity index (χ1v) is 8.70. The summed E-state index contributed by atoms with van der Waals surface area (Å²) in [6.07, 6.45) is 6.07. The first-order chi connectivity index (χ1) is 13.0. The van der Waals surface area contributed by atoms with E-state index in [9.17, 15) is 13.2 Å². The van der Waals surface area contributed by atoms with Crippen molar-refractivity contribution in [2.24, 2.45) is 0 Å². The Hall–Kier alpha value is -2.75. The van der Waals surface area contributed by atoms with Crippen molar-refractivity contribution in [2.45, 2.75) is 31.5 Å². The van der Waals surface area contributed by atoms with Gasteiger partial charge in [-0.05, 0) is 18.9 Å². The number of anilines is 2. The summed E-state index contributed by atoms with van der Waals surface area (Å²) >= 11 is 0. The SMILES string of the molecule is FC(F)(F)c1cncc(OCC2CCCCN2N2C=CNc3[nH]ncc32)c1. The number of fused-ring (bicyclic) bond motifs is 1. The van der Waals surface area contributed by atoms with E-state index >= 15 is 0 Å². The van der Waals surface area contributed by atoms with E-state index in [0.29, 0.717) is 0 Å². The zero-order valence-corrected chi connectivity index (χ0v) is 14.4. The summed E-state index contributed by atoms with van der Waals surface area (Å²) in [5.41, 5.74) is 0.0821. The van der Waals surface area contributed by atoms with Gasteiger partial charge in [0.25, 0.3) is 0 Å². The lowest BCUT2D eigenvalue weighted by Crippen LogP contribution is -2.52. The van der Waals surface area contributed by atoms with E-state index in [1.807, 2.05) is 17.4 Å². The Labute approximate surface area is 153 Å². The van der Waals surface area contributed by atoms with Gasteiger partial charge in [0.15, 0.2) is 5.82 Å². The van der Waals surface area contributed by atoms with Crippen LogP contribution in [-0.2, 0) is 6.18 Å². The van der Waals surface area contributed by atoms with E-state index < -0.39 is 11.7 Å². The molecule has 1 fully saturated rings. The summed E-state index contributed by atoms with van der Waals surface area (Å²) in [6.45, 7) is 1.10. The largest absolute Gasteiger partial charge is 0.490 e. The number of nitrogens with zero attached hydrogens (tertiary/aromatic N) is 4. The molecule has 10 heteroatoms. The Morgan fingerprint density at radius 2 is 2.11 bits per heavy atom. The molecule has 2 aliphatic heterocycles. The summed E-state index contributed by atoms with van der Waals surface area (Å²) in [4.78, 5) is 3.65. The van der Waals surface area contributed by atoms with Gasteiger partial charge in [-0.25, -0.2) is 5.01 Å². The third kappa shape index (κ3) is 3.70. The Morgan fingerprint density at radius 3 is 2.96 bits per heavy atom. The summed E-state index contributed by atoms with van der Waals surface area (Å²) < 4.78 is 44.2. The normalized spacial score (nSPS) is 20.3. The molecule has 0 aromatic carbocycles. The molecule has 0 bridgehead atoms. The van der Waals surface area contributed by atoms with E-state index in [0.717, 1.165) is 49.6 Å². The third-order valence-electron chi connectivity index (χ3n) is 4.67. The molecule has 0 amide bonds. The molecule has 1 saturated heterocycles. The number of hydrazine groups is 1. The van der Waals surface area contributed by atoms with Gasteiger partial charge in [0.05, 0.1) is 24.0 Å². The van der Waals surface area contributed by atoms with Gasteiger partial charge in [0.2, 0.25) is 0 Å². The fourth-order valence-corrected chi connectivity index (χ4v) is 3.34. The lowest BCUT2D eigenvalue weighted by Gasteiger charge is -2.42. The molecule has 4 rings (SSSR count). The minimum atomic E-state index is -4.44. The number of piperidine rings is 1. The number of hydrogen-bond donors (Lipinski definition) is 2. The van der Waals surface area contributed by atoms with Gasteiger partial charge in [-0.1, -0.05) is 6.42 Å². The quantitative estimate of drug-likeness (QED) is 0.848. The van der Waals surface area contributed by atoms with E-state index in [4.69, 9.17) is 4.74 Å². The summed E-state index contributed by atoms with van der Waals surface area (Å²) in [6, 6.07) is 1.01. The van der Waals surface area contributed by atoms with Crippen molar-refractivity contribution in [3.8, 4) is 5.75 Å². The van der Waals surface area contributed by atoms with Crippen LogP contribution in [-0.4, -0.2) is 39.4 Å². The summed E-state index contributed by atoms with van der Waals surface area (Å²) in [7, 11) is 0. The molecule has 2 aromatic rings. The Kier molecular flexibility index (Phi) is 4.65. The van der Waals surface area contributed by atoms with E-state index in [2.05, 4.69) is 25.5 Å². The number of aromatic nitrogens is 3. The van der Waals surface area contributed by atoms with Crippen molar-refractivity contribution in [1.82, 2.24) is 20.2 Å². The van der Waals surface area contributed by atoms with Gasteiger partial charge in [-0.3, -0.25) is 15.1 Å². The van der Waals surface area contributed by atoms with Crippen molar-refractivity contribution < 1.29 is 17.9 Å². The van der Waals surface area contributed by atoms with E-state index in [1.165, 1.54) is 6.20 Å². The molecule has 0 radical (unpaired) electrons. The zero-order valence-electron chi connectivity index (χ0n) is 14.4. The number of H-pyrrole nitrogens is 1. The first-order valence-electron chi connectivity index (χ1n) is 8.70. The van der Waals surface area contributed by atoms with Crippen molar-refractivity contribution >= 4 is 11.5 Å². The van der Waals surface area contributed by atoms with Crippen molar-refractivity contribution in [3.63, 3.8) is 0 Å². The van der Waals surface area contributed by atoms with Crippen LogP contribution in [0.25, 0.3) is 0 Å². The highest BCUT2D eigenvalue weighted by Gasteiger charge is 2.32. The molecule has 0 aliphatic carbocycles. The molecular formula is C17H19F3N6O. The lowest BCUT2D eigenvalue weighted by atomic mass is 10.0. The number of rotatable bonds is 4. The van der Waals surface area contributed by atoms with Crippen molar-refractivity contribution in [3.05, 3.63) is 42.6 Å². The smallest absolute Gasteiger partial charge is 0.418 e. The van der Waals surface area contributed by atoms with Gasteiger partial charge in [-0.15, -0.1) is 0 Å². The first kappa shape index (κ1) is 17.7. The predicted octanol–water partition coefficient (Wildman–Crippen LogP) is 3.38. The van der Waals surface area contributed by atoms with Crippen LogP contribution in [0.15, 0.2) is 37.1 Å². The van der Waals surface area contributed by atoms with Gasteiger partial charge < -0.3 is 10.1 Å². The Bertz CT molecular complexity index is 821. The molecule has 0 spiro atoms. The number of hydrogen-bond acceptors (Lipinski definition) is 6. The average molecular weight is 380 g/mol. The zero-order chi connectivity index (χ0) is 18.9. The fraction of sp³-hybridized carbons (Fsp3) is 0.412. The van der Waals surface area contributed by atoms with Crippen LogP contribution in [0.1, 0.15) is 24.8 Å². The maximum absolute atomic E-state index is 12.8. The molecule has 27 heavy (non-hydrogen) atoms. The number of halogens is 3. The van der Waals surface area contributed by atoms with Crippen LogP contribution in [0, 0.1) is 0 Å². The van der Waals surface area contributed by atoms with E-state index in [1.54, 1.807) is 6.20 Å². The second kappa shape index (κ2) is 7.10. The van der Waals surface area contributed by atoms with Gasteiger partial charge in [-0.2, -0.15) is 18.3 Å². The highest BCUT2D eigenvalue weighted by molar-refractivity contribution is 5.69. The second-order valence-corrected chi connectivity index (χ2v) is 6.47. The summed E-state index contributed by atoms with van der Waals surface area (Å²) in [5, 5.41) is 14.2. The van der Waals surface area contributed by atoms with Crippen LogP contribution in [0.4, 0.5) is 24.7 Å². The molecule has 0 saturated carbocycles. The second-order valence-electron chi connectivity index (χ2n) is 6.47. The molecule has 2 aromatic heterocycles. The monoisotopic (exact) mass is 380 g/mol. The van der Waals surface area contributed by atoms with Crippen LogP contribution >= 0.6 is 0 Å². The molecule has 1 unspecified atom stereocenters. The Balaban J connectivity index is 1.48. The Morgan fingerprint density at radius 1 is 1.22 bits per heavy atom. The predicted molar refractivity (Wildman–Crippen MR) is 92.9 cm³/mol. The number of ether oxygens (including phenoxy) is 1. The van der Waals surface area contributed by atoms with Crippen molar-refractivity contribution in [2.75, 3.05) is 23.5 Å². The molecule has 1 atom stereocenters. The van der Waals surface area contributed by atoms with Crippen molar-refractivity contribution in [1.29, 1.82) is 0 Å². The number of nitrogens with one attached hydrogen (secondary N) is 2. The highest BCUT2D eigenvalue weighted by atomic mass is 19.4. The molecule has 4 heterocycles. The van der Waals surface area contributed by atoms with Crippen LogP contribution < -0.4 is 15.1 Å². The topological polar surface area (TPSA) is 69.3 Å². The number of aromatic amines is 1. The summed E-state index contributed by atoms with van der Waals surface area (Å²) in [5.74, 6) is 0.917. The van der Waals surface area contributed by atoms with E-state index in [-0.39, 0.29) is 18.4 Å². The molecular weight excluding hydrogens is 361 g/mol. The minimum absolute atomic E-state index is 0.0267. The fourth-order valence-electron chi connectivity index (χ4n) is 3.34. The number of alkyl halides is 3. The molecule has 144 valence electrons. The minimum Gasteiger partial charge on any atom is -0.490 e. The van der Waals surface area contributed by atoms with Gasteiger partial charge in [0.1, 0.15) is 18.0 Å². The standard InChI is InChI=1S/C17H19F3N6O/c18-17(19,20)12-7-14(9-21-8-12)27-11-13-3-1-2-5-25(13)26-6-4-22-16-15(26)10-23-24-16/h4,6-10,13H,1-3,5,11H2,(H2,22,23,24). The maximum atomic E-state index is 12.8. The average Bonchev–Trinajstić information content (AvgIpc) is 3.15. The highest BCUT2D eigenvalue weighted by Crippen LogP contribution is 2.33.